The average Bonchev–Trinajstić information content (AvgIpc) is 2.98. The fourth-order valence-corrected chi connectivity index (χ4v) is 2.57. The van der Waals surface area contributed by atoms with Crippen molar-refractivity contribution in [3.63, 3.8) is 0 Å². The molecule has 2 fully saturated rings. The summed E-state index contributed by atoms with van der Waals surface area (Å²) < 4.78 is 11.0. The summed E-state index contributed by atoms with van der Waals surface area (Å²) in [5.41, 5.74) is 0. The molecule has 2 saturated heterocycles. The summed E-state index contributed by atoms with van der Waals surface area (Å²) in [5, 5.41) is 6.19. The number of hydrogen-bond donors (Lipinski definition) is 2. The first-order chi connectivity index (χ1) is 9.36. The van der Waals surface area contributed by atoms with E-state index in [0.29, 0.717) is 5.92 Å². The Kier molecular flexibility index (Phi) is 6.61. The van der Waals surface area contributed by atoms with Gasteiger partial charge < -0.3 is 20.1 Å². The quantitative estimate of drug-likeness (QED) is 0.663. The summed E-state index contributed by atoms with van der Waals surface area (Å²) in [4.78, 5) is 11.7. The van der Waals surface area contributed by atoms with Crippen LogP contribution in [-0.2, 0) is 14.3 Å². The minimum atomic E-state index is 0.170. The van der Waals surface area contributed by atoms with Gasteiger partial charge in [0, 0.05) is 39.5 Å². The molecule has 0 spiro atoms. The molecule has 2 N–H and O–H groups in total. The van der Waals surface area contributed by atoms with Gasteiger partial charge in [-0.1, -0.05) is 0 Å². The molecule has 0 aromatic heterocycles. The normalized spacial score (nSPS) is 24.5. The van der Waals surface area contributed by atoms with E-state index in [4.69, 9.17) is 9.47 Å². The lowest BCUT2D eigenvalue weighted by atomic mass is 10.0. The molecule has 1 atom stereocenters. The molecule has 0 radical (unpaired) electrons. The Morgan fingerprint density at radius 1 is 1.32 bits per heavy atom. The van der Waals surface area contributed by atoms with Crippen LogP contribution in [0.2, 0.25) is 0 Å². The Morgan fingerprint density at radius 3 is 2.89 bits per heavy atom. The van der Waals surface area contributed by atoms with Crippen LogP contribution in [0.3, 0.4) is 0 Å². The third kappa shape index (κ3) is 5.47. The average molecular weight is 270 g/mol. The number of rotatable bonds is 7. The Balaban J connectivity index is 1.42. The molecule has 2 aliphatic rings. The minimum absolute atomic E-state index is 0.170. The van der Waals surface area contributed by atoms with Crippen LogP contribution in [-0.4, -0.2) is 52.0 Å². The zero-order valence-corrected chi connectivity index (χ0v) is 11.7. The summed E-state index contributed by atoms with van der Waals surface area (Å²) in [6.07, 6.45) is 4.10. The van der Waals surface area contributed by atoms with Crippen LogP contribution in [0, 0.1) is 11.8 Å². The summed E-state index contributed by atoms with van der Waals surface area (Å²) >= 11 is 0. The van der Waals surface area contributed by atoms with Crippen LogP contribution < -0.4 is 10.6 Å². The monoisotopic (exact) mass is 270 g/mol. The number of ether oxygens (including phenoxy) is 2. The van der Waals surface area contributed by atoms with Crippen LogP contribution in [0.5, 0.6) is 0 Å². The lowest BCUT2D eigenvalue weighted by Gasteiger charge is -2.21. The maximum Gasteiger partial charge on any atom is 0.224 e. The summed E-state index contributed by atoms with van der Waals surface area (Å²) in [6.45, 7) is 5.84. The molecule has 2 aliphatic heterocycles. The predicted octanol–water partition coefficient (Wildman–Crippen LogP) is 0.545. The first-order valence-corrected chi connectivity index (χ1v) is 7.50. The van der Waals surface area contributed by atoms with Crippen molar-refractivity contribution in [2.75, 3.05) is 46.1 Å². The lowest BCUT2D eigenvalue weighted by Crippen LogP contribution is -2.33. The lowest BCUT2D eigenvalue weighted by molar-refractivity contribution is -0.124. The fourth-order valence-electron chi connectivity index (χ4n) is 2.57. The highest BCUT2D eigenvalue weighted by Gasteiger charge is 2.21. The summed E-state index contributed by atoms with van der Waals surface area (Å²) in [7, 11) is 0. The highest BCUT2D eigenvalue weighted by Crippen LogP contribution is 2.14. The Morgan fingerprint density at radius 2 is 2.16 bits per heavy atom. The van der Waals surface area contributed by atoms with Gasteiger partial charge in [0.1, 0.15) is 0 Å². The second-order valence-electron chi connectivity index (χ2n) is 5.46. The van der Waals surface area contributed by atoms with Gasteiger partial charge in [-0.15, -0.1) is 0 Å². The Labute approximate surface area is 115 Å². The van der Waals surface area contributed by atoms with Gasteiger partial charge in [-0.25, -0.2) is 0 Å². The third-order valence-corrected chi connectivity index (χ3v) is 3.89. The smallest absolute Gasteiger partial charge is 0.224 e. The Hall–Kier alpha value is -0.650. The zero-order valence-electron chi connectivity index (χ0n) is 11.7. The molecular formula is C14H26N2O3. The first kappa shape index (κ1) is 14.8. The molecule has 0 aromatic rings. The number of amides is 1. The van der Waals surface area contributed by atoms with Gasteiger partial charge in [-0.05, 0) is 38.1 Å². The van der Waals surface area contributed by atoms with Crippen LogP contribution in [0.4, 0.5) is 0 Å². The van der Waals surface area contributed by atoms with E-state index in [1.807, 2.05) is 0 Å². The molecule has 1 unspecified atom stereocenters. The molecule has 0 aromatic carbocycles. The number of carbonyl (C=O) groups is 1. The summed E-state index contributed by atoms with van der Waals surface area (Å²) in [5.74, 6) is 1.02. The highest BCUT2D eigenvalue weighted by molar-refractivity contribution is 5.79. The van der Waals surface area contributed by atoms with E-state index < -0.39 is 0 Å². The largest absolute Gasteiger partial charge is 0.381 e. The Bertz CT molecular complexity index is 261. The standard InChI is InChI=1S/C14H26N2O3/c17-14(13-2-6-15-10-13)16-5-1-7-19-11-12-3-8-18-9-4-12/h12-13,15H,1-11H2,(H,16,17). The molecule has 5 nitrogen and oxygen atoms in total. The maximum atomic E-state index is 11.7. The van der Waals surface area contributed by atoms with E-state index in [9.17, 15) is 4.79 Å². The molecule has 0 saturated carbocycles. The van der Waals surface area contributed by atoms with Gasteiger partial charge in [-0.2, -0.15) is 0 Å². The van der Waals surface area contributed by atoms with Gasteiger partial charge >= 0.3 is 0 Å². The maximum absolute atomic E-state index is 11.7. The van der Waals surface area contributed by atoms with Crippen molar-refractivity contribution in [2.45, 2.75) is 25.7 Å². The van der Waals surface area contributed by atoms with Crippen molar-refractivity contribution >= 4 is 5.91 Å². The van der Waals surface area contributed by atoms with Gasteiger partial charge in [0.2, 0.25) is 5.91 Å². The number of carbonyl (C=O) groups excluding carboxylic acids is 1. The molecule has 19 heavy (non-hydrogen) atoms. The van der Waals surface area contributed by atoms with Crippen molar-refractivity contribution < 1.29 is 14.3 Å². The molecule has 2 rings (SSSR count). The topological polar surface area (TPSA) is 59.6 Å². The van der Waals surface area contributed by atoms with E-state index in [1.165, 1.54) is 0 Å². The van der Waals surface area contributed by atoms with Crippen molar-refractivity contribution in [1.82, 2.24) is 10.6 Å². The summed E-state index contributed by atoms with van der Waals surface area (Å²) in [6, 6.07) is 0. The third-order valence-electron chi connectivity index (χ3n) is 3.89. The van der Waals surface area contributed by atoms with Crippen LogP contribution in [0.25, 0.3) is 0 Å². The molecule has 0 aliphatic carbocycles. The second kappa shape index (κ2) is 8.51. The van der Waals surface area contributed by atoms with Gasteiger partial charge in [-0.3, -0.25) is 4.79 Å². The predicted molar refractivity (Wildman–Crippen MR) is 73.0 cm³/mol. The SMILES string of the molecule is O=C(NCCCOCC1CCOCC1)C1CCNC1. The van der Waals surface area contributed by atoms with Gasteiger partial charge in [0.25, 0.3) is 0 Å². The van der Waals surface area contributed by atoms with E-state index in [1.54, 1.807) is 0 Å². The minimum Gasteiger partial charge on any atom is -0.381 e. The molecular weight excluding hydrogens is 244 g/mol. The highest BCUT2D eigenvalue weighted by atomic mass is 16.5. The number of nitrogens with one attached hydrogen (secondary N) is 2. The zero-order chi connectivity index (χ0) is 13.3. The van der Waals surface area contributed by atoms with Crippen molar-refractivity contribution in [3.8, 4) is 0 Å². The van der Waals surface area contributed by atoms with E-state index >= 15 is 0 Å². The van der Waals surface area contributed by atoms with Crippen LogP contribution >= 0.6 is 0 Å². The van der Waals surface area contributed by atoms with Crippen LogP contribution in [0.15, 0.2) is 0 Å². The van der Waals surface area contributed by atoms with Crippen molar-refractivity contribution in [2.24, 2.45) is 11.8 Å². The van der Waals surface area contributed by atoms with Gasteiger partial charge in [0.05, 0.1) is 5.92 Å². The molecule has 110 valence electrons. The molecule has 0 bridgehead atoms. The second-order valence-corrected chi connectivity index (χ2v) is 5.46. The van der Waals surface area contributed by atoms with Crippen molar-refractivity contribution in [1.29, 1.82) is 0 Å². The van der Waals surface area contributed by atoms with Gasteiger partial charge in [0.15, 0.2) is 0 Å². The number of hydrogen-bond acceptors (Lipinski definition) is 4. The van der Waals surface area contributed by atoms with Crippen LogP contribution in [0.1, 0.15) is 25.7 Å². The first-order valence-electron chi connectivity index (χ1n) is 7.50. The molecule has 2 heterocycles. The fraction of sp³-hybridized carbons (Fsp3) is 0.929. The molecule has 5 heteroatoms. The van der Waals surface area contributed by atoms with E-state index in [0.717, 1.165) is 71.7 Å². The van der Waals surface area contributed by atoms with Crippen molar-refractivity contribution in [3.05, 3.63) is 0 Å². The van der Waals surface area contributed by atoms with E-state index in [2.05, 4.69) is 10.6 Å². The molecule has 1 amide bonds. The van der Waals surface area contributed by atoms with E-state index in [-0.39, 0.29) is 11.8 Å².